The number of carbonyl (C=O) groups is 3. The van der Waals surface area contributed by atoms with Crippen molar-refractivity contribution in [1.29, 1.82) is 0 Å². The van der Waals surface area contributed by atoms with Gasteiger partial charge in [0.2, 0.25) is 0 Å². The highest BCUT2D eigenvalue weighted by atomic mass is 28.4. The quantitative estimate of drug-likeness (QED) is 0.123. The van der Waals surface area contributed by atoms with Crippen LogP contribution in [0.3, 0.4) is 0 Å². The van der Waals surface area contributed by atoms with Gasteiger partial charge >= 0.3 is 18.5 Å². The van der Waals surface area contributed by atoms with Crippen molar-refractivity contribution in [2.24, 2.45) is 0 Å². The van der Waals surface area contributed by atoms with Gasteiger partial charge in [-0.25, -0.2) is 14.4 Å². The van der Waals surface area contributed by atoms with E-state index in [0.717, 1.165) is 0 Å². The van der Waals surface area contributed by atoms with Crippen molar-refractivity contribution in [1.82, 2.24) is 14.7 Å². The molecule has 0 amide bonds. The number of nitrogens with zero attached hydrogens (tertiary/aromatic N) is 3. The van der Waals surface area contributed by atoms with Gasteiger partial charge < -0.3 is 41.7 Å². The van der Waals surface area contributed by atoms with Crippen molar-refractivity contribution in [3.8, 4) is 0 Å². The molecule has 4 rings (SSSR count). The molecule has 0 aromatic heterocycles. The molecule has 0 radical (unpaired) electrons. The first-order chi connectivity index (χ1) is 28.0. The first kappa shape index (κ1) is 53.8. The van der Waals surface area contributed by atoms with Gasteiger partial charge in [-0.15, -0.1) is 0 Å². The molecule has 0 aromatic carbocycles. The summed E-state index contributed by atoms with van der Waals surface area (Å²) in [6.07, 6.45) is -8.92. The molecular formula is C45H87N3O12Si3. The lowest BCUT2D eigenvalue weighted by atomic mass is 10.1. The average Bonchev–Trinajstić information content (AvgIpc) is 3.63. The topological polar surface area (TPSA) is 144 Å². The van der Waals surface area contributed by atoms with Gasteiger partial charge in [0.1, 0.15) is 35.3 Å². The summed E-state index contributed by atoms with van der Waals surface area (Å²) < 4.78 is 58.8. The lowest BCUT2D eigenvalue weighted by molar-refractivity contribution is -0.190. The van der Waals surface area contributed by atoms with Gasteiger partial charge in [0.25, 0.3) is 0 Å². The molecule has 4 heterocycles. The van der Waals surface area contributed by atoms with E-state index in [1.807, 2.05) is 0 Å². The molecule has 0 aliphatic carbocycles. The molecular weight excluding hydrogens is 859 g/mol. The molecule has 0 spiro atoms. The third-order valence-electron chi connectivity index (χ3n) is 13.8. The Balaban J connectivity index is 2.03. The fourth-order valence-electron chi connectivity index (χ4n) is 7.88. The Kier molecular flexibility index (Phi) is 15.1. The van der Waals surface area contributed by atoms with E-state index in [1.165, 1.54) is 0 Å². The maximum atomic E-state index is 13.9. The van der Waals surface area contributed by atoms with Crippen molar-refractivity contribution in [3.63, 3.8) is 0 Å². The third kappa shape index (κ3) is 12.6. The van der Waals surface area contributed by atoms with Crippen LogP contribution in [0.4, 0.5) is 14.4 Å². The molecule has 6 atom stereocenters. The summed E-state index contributed by atoms with van der Waals surface area (Å²) >= 11 is 0. The Labute approximate surface area is 383 Å². The second-order valence-corrected chi connectivity index (χ2v) is 40.0. The third-order valence-corrected chi connectivity index (χ3v) is 27.3. The van der Waals surface area contributed by atoms with Gasteiger partial charge in [-0.1, -0.05) is 62.3 Å². The zero-order valence-electron chi connectivity index (χ0n) is 43.6. The summed E-state index contributed by atoms with van der Waals surface area (Å²) in [6, 6.07) is 0. The number of hydrogen-bond acceptors (Lipinski definition) is 15. The van der Waals surface area contributed by atoms with Crippen LogP contribution < -0.4 is 0 Å². The van der Waals surface area contributed by atoms with Crippen LogP contribution in [0.5, 0.6) is 0 Å². The van der Waals surface area contributed by atoms with E-state index in [2.05, 4.69) is 116 Å². The number of hydrogen-bond donors (Lipinski definition) is 0. The summed E-state index contributed by atoms with van der Waals surface area (Å²) in [7, 11) is -7.57. The molecule has 0 aromatic rings. The Bertz CT molecular complexity index is 1450. The van der Waals surface area contributed by atoms with Crippen LogP contribution in [0.15, 0.2) is 0 Å². The van der Waals surface area contributed by atoms with Gasteiger partial charge in [-0.2, -0.15) is 0 Å². The zero-order valence-corrected chi connectivity index (χ0v) is 46.6. The molecule has 4 fully saturated rings. The SMILES string of the molecule is CC(C)(C)OC(=O)O[C@@H]1C2N(C[C@H]1O[Si](C)(C)C(C)(C)C)C1[C@@H](OC(=O)OC(C)(C)C)[C@H](O[Si](C)(C)C(C)(C)C)CN1C1[C@@H](OC(=O)OC(C)(C)C)[C@H](O[Si](C)(C)C(C)(C)C)CN21. The van der Waals surface area contributed by atoms with Gasteiger partial charge in [-0.05, 0) is 117 Å². The van der Waals surface area contributed by atoms with Crippen LogP contribution in [0, 0.1) is 0 Å². The van der Waals surface area contributed by atoms with Gasteiger partial charge in [0.05, 0.1) is 18.3 Å². The van der Waals surface area contributed by atoms with Crippen molar-refractivity contribution in [3.05, 3.63) is 0 Å². The van der Waals surface area contributed by atoms with Crippen LogP contribution in [0.1, 0.15) is 125 Å². The van der Waals surface area contributed by atoms with E-state index in [-0.39, 0.29) is 15.1 Å². The first-order valence-corrected chi connectivity index (χ1v) is 31.7. The minimum absolute atomic E-state index is 0.180. The van der Waals surface area contributed by atoms with Crippen molar-refractivity contribution < 1.29 is 56.1 Å². The predicted octanol–water partition coefficient (Wildman–Crippen LogP) is 10.1. The summed E-state index contributed by atoms with van der Waals surface area (Å²) in [4.78, 5) is 48.5. The molecule has 0 N–H and O–H groups in total. The predicted molar refractivity (Wildman–Crippen MR) is 251 cm³/mol. The van der Waals surface area contributed by atoms with Gasteiger partial charge in [-0.3, -0.25) is 14.7 Å². The van der Waals surface area contributed by atoms with Crippen molar-refractivity contribution in [2.75, 3.05) is 19.6 Å². The van der Waals surface area contributed by atoms with Crippen molar-refractivity contribution in [2.45, 2.75) is 251 Å². The van der Waals surface area contributed by atoms with Crippen molar-refractivity contribution >= 4 is 43.4 Å². The Morgan fingerprint density at radius 2 is 0.571 bits per heavy atom. The van der Waals surface area contributed by atoms with Gasteiger partial charge in [0.15, 0.2) is 43.3 Å². The molecule has 18 heteroatoms. The minimum atomic E-state index is -2.52. The highest BCUT2D eigenvalue weighted by Crippen LogP contribution is 2.50. The van der Waals surface area contributed by atoms with Gasteiger partial charge in [0, 0.05) is 19.6 Å². The summed E-state index contributed by atoms with van der Waals surface area (Å²) in [5, 5.41) is -0.539. The van der Waals surface area contributed by atoms with Crippen LogP contribution in [0.2, 0.25) is 54.4 Å². The summed E-state index contributed by atoms with van der Waals surface area (Å²) in [6.45, 7) is 49.8. The lowest BCUT2D eigenvalue weighted by Gasteiger charge is -2.52. The summed E-state index contributed by atoms with van der Waals surface area (Å²) in [5.74, 6) is 0. The van der Waals surface area contributed by atoms with Crippen LogP contribution in [0.25, 0.3) is 0 Å². The van der Waals surface area contributed by atoms with Crippen LogP contribution >= 0.6 is 0 Å². The highest BCUT2D eigenvalue weighted by Gasteiger charge is 2.69. The first-order valence-electron chi connectivity index (χ1n) is 22.9. The van der Waals surface area contributed by atoms with Crippen LogP contribution in [-0.2, 0) is 41.7 Å². The van der Waals surface area contributed by atoms with E-state index in [4.69, 9.17) is 41.7 Å². The molecule has 366 valence electrons. The molecule has 0 saturated carbocycles. The maximum Gasteiger partial charge on any atom is 0.509 e. The second-order valence-electron chi connectivity index (χ2n) is 25.7. The fourth-order valence-corrected chi connectivity index (χ4v) is 11.8. The smallest absolute Gasteiger partial charge is 0.429 e. The Hall–Kier alpha value is -1.78. The zero-order chi connectivity index (χ0) is 48.6. The minimum Gasteiger partial charge on any atom is -0.429 e. The standard InChI is InChI=1S/C45H87N3O12Si3/c1-40(2,3)55-37(49)52-31-28(58-61(19,20)43(10,11)12)25-46-34(31)47-26-29(59-62(21,22)44(13,14)15)32(53-38(50)56-41(4,5)6)36(47)48-27-30(60-63(23,24)45(16,17)18)33(35(46)48)54-39(51)57-42(7,8)9/h28-36H,25-27H2,1-24H3/t28-,29-,30-,31+,32+,33+,34?,35?,36?/m1/s1. The normalized spacial score (nSPS) is 29.4. The fraction of sp³-hybridized carbons (Fsp3) is 0.933. The Morgan fingerprint density at radius 1 is 0.381 bits per heavy atom. The number of ether oxygens (including phenoxy) is 6. The molecule has 0 unspecified atom stereocenters. The van der Waals surface area contributed by atoms with E-state index in [1.54, 1.807) is 62.3 Å². The summed E-state index contributed by atoms with van der Waals surface area (Å²) in [5.41, 5.74) is -2.48. The lowest BCUT2D eigenvalue weighted by Crippen LogP contribution is -2.71. The molecule has 0 bridgehead atoms. The second kappa shape index (κ2) is 17.7. The van der Waals surface area contributed by atoms with E-state index in [0.29, 0.717) is 19.6 Å². The average molecular weight is 946 g/mol. The molecule has 4 aliphatic rings. The molecule has 15 nitrogen and oxygen atoms in total. The van der Waals surface area contributed by atoms with E-state index < -0.39 is 115 Å². The molecule has 4 saturated heterocycles. The maximum absolute atomic E-state index is 13.9. The van der Waals surface area contributed by atoms with E-state index >= 15 is 0 Å². The van der Waals surface area contributed by atoms with E-state index in [9.17, 15) is 14.4 Å². The monoisotopic (exact) mass is 946 g/mol. The largest absolute Gasteiger partial charge is 0.509 e. The Morgan fingerprint density at radius 3 is 0.730 bits per heavy atom. The number of rotatable bonds is 9. The van der Waals surface area contributed by atoms with Crippen LogP contribution in [-0.4, -0.2) is 150 Å². The number of fused-ring (bicyclic) bond motifs is 6. The highest BCUT2D eigenvalue weighted by molar-refractivity contribution is 6.75. The molecule has 63 heavy (non-hydrogen) atoms. The molecule has 4 aliphatic heterocycles. The number of carbonyl (C=O) groups excluding carboxylic acids is 3.